The smallest absolute Gasteiger partial charge is 0.156 e. The van der Waals surface area contributed by atoms with E-state index in [1.54, 1.807) is 6.08 Å². The Kier molecular flexibility index (Phi) is 5.20. The number of rotatable bonds is 5. The van der Waals surface area contributed by atoms with E-state index in [0.717, 1.165) is 36.8 Å². The molecule has 0 saturated heterocycles. The maximum Gasteiger partial charge on any atom is 0.156 e. The molecule has 2 aliphatic rings. The number of aryl methyl sites for hydroxylation is 1. The number of hydrogen-bond acceptors (Lipinski definition) is 4. The van der Waals surface area contributed by atoms with Crippen molar-refractivity contribution in [3.05, 3.63) is 59.4 Å². The van der Waals surface area contributed by atoms with Crippen molar-refractivity contribution >= 4 is 11.4 Å². The molecule has 4 rings (SSSR count). The fourth-order valence-corrected chi connectivity index (χ4v) is 4.72. The predicted octanol–water partition coefficient (Wildman–Crippen LogP) is 5.45. The molecular weight excluding hydrogens is 362 g/mol. The number of ketones is 1. The van der Waals surface area contributed by atoms with Gasteiger partial charge in [-0.2, -0.15) is 0 Å². The molecule has 0 saturated carbocycles. The summed E-state index contributed by atoms with van der Waals surface area (Å²) in [5.74, 6) is 1.48. The van der Waals surface area contributed by atoms with Gasteiger partial charge in [0.05, 0.1) is 5.56 Å². The van der Waals surface area contributed by atoms with E-state index >= 15 is 0 Å². The molecule has 2 unspecified atom stereocenters. The maximum atomic E-state index is 12.1. The Bertz CT molecular complexity index is 946. The van der Waals surface area contributed by atoms with E-state index in [4.69, 9.17) is 4.74 Å². The van der Waals surface area contributed by atoms with Gasteiger partial charge in [-0.05, 0) is 92.5 Å². The van der Waals surface area contributed by atoms with Crippen molar-refractivity contribution in [1.29, 1.82) is 0 Å². The van der Waals surface area contributed by atoms with Crippen LogP contribution in [0.15, 0.2) is 42.7 Å². The number of nitrogens with zero attached hydrogens (tertiary/aromatic N) is 1. The summed E-state index contributed by atoms with van der Waals surface area (Å²) in [5, 5.41) is 10.8. The summed E-state index contributed by atoms with van der Waals surface area (Å²) < 4.78 is 6.35. The minimum atomic E-state index is -0.394. The Balaban J connectivity index is 1.57. The second-order valence-corrected chi connectivity index (χ2v) is 8.92. The van der Waals surface area contributed by atoms with Gasteiger partial charge in [-0.1, -0.05) is 6.92 Å². The molecule has 4 heteroatoms. The lowest BCUT2D eigenvalue weighted by atomic mass is 9.72. The molecule has 2 atom stereocenters. The van der Waals surface area contributed by atoms with Gasteiger partial charge in [-0.3, -0.25) is 9.78 Å². The van der Waals surface area contributed by atoms with E-state index in [1.807, 2.05) is 18.5 Å². The zero-order valence-electron chi connectivity index (χ0n) is 17.4. The third-order valence-corrected chi connectivity index (χ3v) is 6.40. The number of pyridine rings is 1. The van der Waals surface area contributed by atoms with Crippen LogP contribution in [0.1, 0.15) is 69.1 Å². The van der Waals surface area contributed by atoms with E-state index in [0.29, 0.717) is 23.7 Å². The highest BCUT2D eigenvalue weighted by Crippen LogP contribution is 2.52. The molecule has 0 bridgehead atoms. The summed E-state index contributed by atoms with van der Waals surface area (Å²) in [5.41, 5.74) is 3.62. The minimum absolute atomic E-state index is 0.127. The molecule has 1 N–H and O–H groups in total. The Morgan fingerprint density at radius 1 is 1.28 bits per heavy atom. The topological polar surface area (TPSA) is 59.4 Å². The van der Waals surface area contributed by atoms with Crippen molar-refractivity contribution in [2.24, 2.45) is 5.92 Å². The van der Waals surface area contributed by atoms with Gasteiger partial charge in [0.25, 0.3) is 0 Å². The number of phenolic OH excluding ortho intramolecular Hbond substituents is 1. The first-order valence-electron chi connectivity index (χ1n) is 10.5. The number of carbonyl (C=O) groups is 1. The standard InChI is InChI=1S/C25H29NO3/c1-16(5-4-6-17-9-11-26-12-10-17)18-13-22(28)24-20-15-19(27)7-8-21(20)25(2,3)29-23(24)14-18/h9-16,21,28H,4-8H2,1-3H3. The number of allylic oxidation sites excluding steroid dienone is 1. The summed E-state index contributed by atoms with van der Waals surface area (Å²) in [6.07, 6.45) is 9.80. The summed E-state index contributed by atoms with van der Waals surface area (Å²) in [6, 6.07) is 8.03. The second-order valence-electron chi connectivity index (χ2n) is 8.92. The highest BCUT2D eigenvalue weighted by molar-refractivity contribution is 6.01. The Labute approximate surface area is 172 Å². The fourth-order valence-electron chi connectivity index (χ4n) is 4.72. The molecule has 29 heavy (non-hydrogen) atoms. The van der Waals surface area contributed by atoms with Gasteiger partial charge in [-0.15, -0.1) is 0 Å². The van der Waals surface area contributed by atoms with E-state index < -0.39 is 5.60 Å². The summed E-state index contributed by atoms with van der Waals surface area (Å²) in [4.78, 5) is 16.1. The Morgan fingerprint density at radius 2 is 2.03 bits per heavy atom. The van der Waals surface area contributed by atoms with Crippen molar-refractivity contribution in [2.45, 2.75) is 64.4 Å². The average molecular weight is 392 g/mol. The molecule has 0 radical (unpaired) electrons. The van der Waals surface area contributed by atoms with E-state index in [1.165, 1.54) is 5.56 Å². The SMILES string of the molecule is CC(CCCc1ccncc1)c1cc(O)c2c(c1)OC(C)(C)C1CCC(=O)C=C21. The number of ether oxygens (including phenoxy) is 1. The van der Waals surface area contributed by atoms with Gasteiger partial charge in [0.1, 0.15) is 17.1 Å². The minimum Gasteiger partial charge on any atom is -0.507 e. The van der Waals surface area contributed by atoms with Crippen LogP contribution >= 0.6 is 0 Å². The number of hydrogen-bond donors (Lipinski definition) is 1. The van der Waals surface area contributed by atoms with E-state index in [-0.39, 0.29) is 17.5 Å². The van der Waals surface area contributed by atoms with E-state index in [2.05, 4.69) is 44.0 Å². The van der Waals surface area contributed by atoms with Crippen LogP contribution in [0, 0.1) is 5.92 Å². The van der Waals surface area contributed by atoms with Gasteiger partial charge >= 0.3 is 0 Å². The van der Waals surface area contributed by atoms with Crippen LogP contribution in [-0.4, -0.2) is 21.5 Å². The molecule has 0 fully saturated rings. The molecule has 0 spiro atoms. The lowest BCUT2D eigenvalue weighted by Crippen LogP contribution is -2.43. The molecule has 0 amide bonds. The largest absolute Gasteiger partial charge is 0.507 e. The molecule has 1 aliphatic carbocycles. The van der Waals surface area contributed by atoms with Crippen LogP contribution in [-0.2, 0) is 11.2 Å². The number of fused-ring (bicyclic) bond motifs is 3. The van der Waals surface area contributed by atoms with Crippen LogP contribution in [0.4, 0.5) is 0 Å². The molecule has 1 aliphatic heterocycles. The van der Waals surface area contributed by atoms with Gasteiger partial charge in [0, 0.05) is 24.7 Å². The van der Waals surface area contributed by atoms with Crippen LogP contribution < -0.4 is 4.74 Å². The zero-order chi connectivity index (χ0) is 20.6. The van der Waals surface area contributed by atoms with Crippen LogP contribution in [0.25, 0.3) is 5.57 Å². The number of aromatic nitrogens is 1. The van der Waals surface area contributed by atoms with Gasteiger partial charge in [0.15, 0.2) is 5.78 Å². The number of carbonyl (C=O) groups excluding carboxylic acids is 1. The monoisotopic (exact) mass is 391 g/mol. The number of benzene rings is 1. The molecule has 1 aromatic carbocycles. The summed E-state index contributed by atoms with van der Waals surface area (Å²) >= 11 is 0. The quantitative estimate of drug-likeness (QED) is 0.736. The lowest BCUT2D eigenvalue weighted by Gasteiger charge is -2.43. The average Bonchev–Trinajstić information content (AvgIpc) is 2.67. The van der Waals surface area contributed by atoms with Crippen molar-refractivity contribution in [3.8, 4) is 11.5 Å². The van der Waals surface area contributed by atoms with Crippen LogP contribution in [0.3, 0.4) is 0 Å². The van der Waals surface area contributed by atoms with E-state index in [9.17, 15) is 9.90 Å². The molecular formula is C25H29NO3. The molecule has 4 nitrogen and oxygen atoms in total. The summed E-state index contributed by atoms with van der Waals surface area (Å²) in [7, 11) is 0. The maximum absolute atomic E-state index is 12.1. The van der Waals surface area contributed by atoms with Gasteiger partial charge in [-0.25, -0.2) is 0 Å². The number of aromatic hydroxyl groups is 1. The second kappa shape index (κ2) is 7.66. The van der Waals surface area contributed by atoms with Crippen molar-refractivity contribution < 1.29 is 14.6 Å². The summed E-state index contributed by atoms with van der Waals surface area (Å²) in [6.45, 7) is 6.34. The zero-order valence-corrected chi connectivity index (χ0v) is 17.4. The third-order valence-electron chi connectivity index (χ3n) is 6.40. The molecule has 1 aromatic heterocycles. The Hall–Kier alpha value is -2.62. The van der Waals surface area contributed by atoms with Crippen molar-refractivity contribution in [3.63, 3.8) is 0 Å². The first kappa shape index (κ1) is 19.7. The predicted molar refractivity (Wildman–Crippen MR) is 114 cm³/mol. The fraction of sp³-hybridized carbons (Fsp3) is 0.440. The highest BCUT2D eigenvalue weighted by Gasteiger charge is 2.43. The Morgan fingerprint density at radius 3 is 2.79 bits per heavy atom. The van der Waals surface area contributed by atoms with Crippen LogP contribution in [0.2, 0.25) is 0 Å². The van der Waals surface area contributed by atoms with Crippen molar-refractivity contribution in [2.75, 3.05) is 0 Å². The molecule has 152 valence electrons. The first-order valence-corrected chi connectivity index (χ1v) is 10.5. The van der Waals surface area contributed by atoms with Gasteiger partial charge in [0.2, 0.25) is 0 Å². The molecule has 2 heterocycles. The highest BCUT2D eigenvalue weighted by atomic mass is 16.5. The molecule has 2 aromatic rings. The lowest BCUT2D eigenvalue weighted by molar-refractivity contribution is -0.115. The van der Waals surface area contributed by atoms with Crippen LogP contribution in [0.5, 0.6) is 11.5 Å². The normalized spacial score (nSPS) is 20.9. The third kappa shape index (κ3) is 3.93. The number of phenols is 1. The van der Waals surface area contributed by atoms with Crippen molar-refractivity contribution in [1.82, 2.24) is 4.98 Å². The first-order chi connectivity index (χ1) is 13.8. The van der Waals surface area contributed by atoms with Gasteiger partial charge < -0.3 is 9.84 Å².